The molecule has 0 radical (unpaired) electrons. The third kappa shape index (κ3) is 2.67. The summed E-state index contributed by atoms with van der Waals surface area (Å²) in [6.07, 6.45) is 1.19. The van der Waals surface area contributed by atoms with Gasteiger partial charge in [-0.3, -0.25) is 4.90 Å². The minimum atomic E-state index is -0.840. The Hall–Kier alpha value is -1.35. The van der Waals surface area contributed by atoms with Crippen molar-refractivity contribution in [3.05, 3.63) is 34.9 Å². The van der Waals surface area contributed by atoms with Crippen molar-refractivity contribution in [3.63, 3.8) is 0 Å². The van der Waals surface area contributed by atoms with Crippen LogP contribution in [0.15, 0.2) is 18.2 Å². The Labute approximate surface area is 102 Å². The molecule has 0 bridgehead atoms. The number of carbonyl (C=O) groups is 1. The zero-order valence-corrected chi connectivity index (χ0v) is 10.4. The van der Waals surface area contributed by atoms with Crippen LogP contribution in [0.1, 0.15) is 41.8 Å². The molecular formula is C14H19NO2. The van der Waals surface area contributed by atoms with E-state index < -0.39 is 5.97 Å². The smallest absolute Gasteiger partial charge is 0.335 e. The lowest BCUT2D eigenvalue weighted by Gasteiger charge is -2.18. The van der Waals surface area contributed by atoms with E-state index >= 15 is 0 Å². The number of aromatic carboxylic acids is 1. The van der Waals surface area contributed by atoms with E-state index in [1.165, 1.54) is 17.5 Å². The van der Waals surface area contributed by atoms with Crippen LogP contribution in [0.3, 0.4) is 0 Å². The maximum atomic E-state index is 10.9. The van der Waals surface area contributed by atoms with Crippen molar-refractivity contribution in [2.24, 2.45) is 5.92 Å². The zero-order chi connectivity index (χ0) is 12.4. The van der Waals surface area contributed by atoms with Gasteiger partial charge in [0.15, 0.2) is 0 Å². The second kappa shape index (κ2) is 4.88. The lowest BCUT2D eigenvalue weighted by molar-refractivity contribution is 0.0696. The molecule has 0 fully saturated rings. The molecule has 1 N–H and O–H groups in total. The number of carboxylic acid groups (broad SMARTS) is 1. The predicted octanol–water partition coefficient (Wildman–Crippen LogP) is 2.75. The summed E-state index contributed by atoms with van der Waals surface area (Å²) in [4.78, 5) is 13.3. The summed E-state index contributed by atoms with van der Waals surface area (Å²) >= 11 is 0. The molecule has 0 saturated heterocycles. The average molecular weight is 233 g/mol. The molecule has 0 saturated carbocycles. The summed E-state index contributed by atoms with van der Waals surface area (Å²) in [6.45, 7) is 7.40. The summed E-state index contributed by atoms with van der Waals surface area (Å²) in [6, 6.07) is 5.47. The lowest BCUT2D eigenvalue weighted by Crippen LogP contribution is -2.22. The fourth-order valence-corrected chi connectivity index (χ4v) is 2.30. The molecule has 1 aliphatic rings. The zero-order valence-electron chi connectivity index (χ0n) is 10.4. The summed E-state index contributed by atoms with van der Waals surface area (Å²) < 4.78 is 0. The van der Waals surface area contributed by atoms with E-state index in [9.17, 15) is 4.79 Å². The highest BCUT2D eigenvalue weighted by atomic mass is 16.4. The third-order valence-corrected chi connectivity index (χ3v) is 3.51. The van der Waals surface area contributed by atoms with Gasteiger partial charge in [0.1, 0.15) is 0 Å². The van der Waals surface area contributed by atoms with E-state index in [2.05, 4.69) is 18.7 Å². The highest BCUT2D eigenvalue weighted by molar-refractivity contribution is 5.87. The van der Waals surface area contributed by atoms with E-state index in [1.807, 2.05) is 12.1 Å². The van der Waals surface area contributed by atoms with Crippen LogP contribution in [0, 0.1) is 5.92 Å². The van der Waals surface area contributed by atoms with E-state index in [4.69, 9.17) is 5.11 Å². The van der Waals surface area contributed by atoms with Crippen molar-refractivity contribution >= 4 is 5.97 Å². The van der Waals surface area contributed by atoms with E-state index in [0.29, 0.717) is 11.5 Å². The SMILES string of the molecule is CCC(C)CN1Cc2ccc(C(=O)O)cc2C1. The molecule has 1 heterocycles. The van der Waals surface area contributed by atoms with Crippen molar-refractivity contribution in [1.29, 1.82) is 0 Å². The Balaban J connectivity index is 2.08. The maximum absolute atomic E-state index is 10.9. The van der Waals surface area contributed by atoms with Gasteiger partial charge in [-0.05, 0) is 29.2 Å². The van der Waals surface area contributed by atoms with Crippen LogP contribution >= 0.6 is 0 Å². The minimum absolute atomic E-state index is 0.397. The summed E-state index contributed by atoms with van der Waals surface area (Å²) in [5, 5.41) is 8.95. The van der Waals surface area contributed by atoms with Gasteiger partial charge >= 0.3 is 5.97 Å². The van der Waals surface area contributed by atoms with Crippen molar-refractivity contribution < 1.29 is 9.90 Å². The van der Waals surface area contributed by atoms with Gasteiger partial charge in [0.05, 0.1) is 5.56 Å². The Bertz CT molecular complexity index is 428. The van der Waals surface area contributed by atoms with E-state index in [-0.39, 0.29) is 0 Å². The molecule has 2 rings (SSSR count). The van der Waals surface area contributed by atoms with Crippen LogP contribution in [0.5, 0.6) is 0 Å². The molecule has 3 nitrogen and oxygen atoms in total. The summed E-state index contributed by atoms with van der Waals surface area (Å²) in [7, 11) is 0. The minimum Gasteiger partial charge on any atom is -0.478 e. The van der Waals surface area contributed by atoms with Gasteiger partial charge in [0.2, 0.25) is 0 Å². The van der Waals surface area contributed by atoms with Crippen LogP contribution in [-0.4, -0.2) is 22.5 Å². The maximum Gasteiger partial charge on any atom is 0.335 e. The lowest BCUT2D eigenvalue weighted by atomic mass is 10.1. The molecule has 1 unspecified atom stereocenters. The standard InChI is InChI=1S/C14H19NO2/c1-3-10(2)7-15-8-12-5-4-11(14(16)17)6-13(12)9-15/h4-6,10H,3,7-9H2,1-2H3,(H,16,17). The van der Waals surface area contributed by atoms with Gasteiger partial charge in [-0.25, -0.2) is 4.79 Å². The number of benzene rings is 1. The fourth-order valence-electron chi connectivity index (χ4n) is 2.30. The molecule has 1 aromatic carbocycles. The number of nitrogens with zero attached hydrogens (tertiary/aromatic N) is 1. The largest absolute Gasteiger partial charge is 0.478 e. The van der Waals surface area contributed by atoms with Crippen LogP contribution in [-0.2, 0) is 13.1 Å². The fraction of sp³-hybridized carbons (Fsp3) is 0.500. The molecule has 0 aromatic heterocycles. The first-order chi connectivity index (χ1) is 8.10. The molecule has 1 atom stereocenters. The number of rotatable bonds is 4. The second-order valence-electron chi connectivity index (χ2n) is 4.97. The molecule has 0 amide bonds. The topological polar surface area (TPSA) is 40.5 Å². The number of fused-ring (bicyclic) bond motifs is 1. The second-order valence-corrected chi connectivity index (χ2v) is 4.97. The van der Waals surface area contributed by atoms with Gasteiger partial charge < -0.3 is 5.11 Å². The number of hydrogen-bond acceptors (Lipinski definition) is 2. The van der Waals surface area contributed by atoms with Crippen LogP contribution in [0.2, 0.25) is 0 Å². The molecule has 0 aliphatic carbocycles. The van der Waals surface area contributed by atoms with Crippen LogP contribution < -0.4 is 0 Å². The summed E-state index contributed by atoms with van der Waals surface area (Å²) in [5.74, 6) is -0.142. The highest BCUT2D eigenvalue weighted by Gasteiger charge is 2.21. The van der Waals surface area contributed by atoms with Crippen LogP contribution in [0.4, 0.5) is 0 Å². The molecule has 17 heavy (non-hydrogen) atoms. The van der Waals surface area contributed by atoms with E-state index in [1.54, 1.807) is 6.07 Å². The van der Waals surface area contributed by atoms with E-state index in [0.717, 1.165) is 19.6 Å². The Morgan fingerprint density at radius 3 is 2.76 bits per heavy atom. The van der Waals surface area contributed by atoms with Gasteiger partial charge in [-0.2, -0.15) is 0 Å². The third-order valence-electron chi connectivity index (χ3n) is 3.51. The normalized spacial score (nSPS) is 16.8. The van der Waals surface area contributed by atoms with Crippen molar-refractivity contribution in [2.45, 2.75) is 33.4 Å². The van der Waals surface area contributed by atoms with Gasteiger partial charge in [0, 0.05) is 19.6 Å². The monoisotopic (exact) mass is 233 g/mol. The Kier molecular flexibility index (Phi) is 3.48. The van der Waals surface area contributed by atoms with Crippen molar-refractivity contribution in [2.75, 3.05) is 6.54 Å². The Morgan fingerprint density at radius 2 is 2.12 bits per heavy atom. The first-order valence-corrected chi connectivity index (χ1v) is 6.17. The quantitative estimate of drug-likeness (QED) is 0.869. The molecule has 0 spiro atoms. The first kappa shape index (κ1) is 12.1. The molecule has 1 aromatic rings. The van der Waals surface area contributed by atoms with Crippen LogP contribution in [0.25, 0.3) is 0 Å². The molecule has 1 aliphatic heterocycles. The molecule has 92 valence electrons. The van der Waals surface area contributed by atoms with Crippen molar-refractivity contribution in [3.8, 4) is 0 Å². The van der Waals surface area contributed by atoms with Gasteiger partial charge in [-0.1, -0.05) is 26.3 Å². The number of hydrogen-bond donors (Lipinski definition) is 1. The average Bonchev–Trinajstić information content (AvgIpc) is 2.69. The highest BCUT2D eigenvalue weighted by Crippen LogP contribution is 2.25. The van der Waals surface area contributed by atoms with Crippen molar-refractivity contribution in [1.82, 2.24) is 4.90 Å². The molecular weight excluding hydrogens is 214 g/mol. The van der Waals surface area contributed by atoms with Gasteiger partial charge in [0.25, 0.3) is 0 Å². The summed E-state index contributed by atoms with van der Waals surface area (Å²) in [5.41, 5.74) is 2.85. The first-order valence-electron chi connectivity index (χ1n) is 6.17. The van der Waals surface area contributed by atoms with Gasteiger partial charge in [-0.15, -0.1) is 0 Å². The predicted molar refractivity (Wildman–Crippen MR) is 67.0 cm³/mol. The number of carboxylic acids is 1. The Morgan fingerprint density at radius 1 is 1.41 bits per heavy atom. The molecule has 3 heteroatoms.